The minimum absolute atomic E-state index is 0.0820. The lowest BCUT2D eigenvalue weighted by Gasteiger charge is -2.22. The van der Waals surface area contributed by atoms with Crippen molar-refractivity contribution in [3.63, 3.8) is 0 Å². The Labute approximate surface area is 147 Å². The lowest BCUT2D eigenvalue weighted by atomic mass is 9.84. The van der Waals surface area contributed by atoms with E-state index in [0.29, 0.717) is 11.5 Å². The third-order valence-corrected chi connectivity index (χ3v) is 4.15. The Balaban J connectivity index is 0.00000139. The van der Waals surface area contributed by atoms with Crippen LogP contribution in [0, 0.1) is 0 Å². The molecule has 24 heavy (non-hydrogen) atoms. The monoisotopic (exact) mass is 325 g/mol. The summed E-state index contributed by atoms with van der Waals surface area (Å²) in [5.74, 6) is 0.589. The van der Waals surface area contributed by atoms with Gasteiger partial charge < -0.3 is 5.32 Å². The molecule has 2 nitrogen and oxygen atoms in total. The highest BCUT2D eigenvalue weighted by Gasteiger charge is 2.15. The average molecular weight is 325 g/mol. The molecule has 0 spiro atoms. The van der Waals surface area contributed by atoms with Crippen molar-refractivity contribution in [2.24, 2.45) is 0 Å². The summed E-state index contributed by atoms with van der Waals surface area (Å²) in [6.45, 7) is 9.58. The van der Waals surface area contributed by atoms with E-state index in [0.717, 1.165) is 5.70 Å². The highest BCUT2D eigenvalue weighted by molar-refractivity contribution is 5.95. The van der Waals surface area contributed by atoms with Gasteiger partial charge in [0, 0.05) is 11.3 Å². The van der Waals surface area contributed by atoms with Crippen molar-refractivity contribution >= 4 is 5.91 Å². The van der Waals surface area contributed by atoms with E-state index in [1.807, 2.05) is 45.1 Å². The quantitative estimate of drug-likeness (QED) is 0.648. The molecule has 1 saturated carbocycles. The van der Waals surface area contributed by atoms with Crippen molar-refractivity contribution < 1.29 is 4.79 Å². The standard InChI is InChI=1S/C20H25NO.C2H6/c1-3-8-19(9-4-2)21-20(22)18-14-12-17(13-15-18)16-10-6-5-7-11-16;1-2/h3-4,8-9,12-16H,1,5-7,10-11H2,2H3,(H,21,22);1-2H3/b9-4-,19-8+;. The Kier molecular flexibility index (Phi) is 9.52. The zero-order chi connectivity index (χ0) is 17.8. The second-order valence-corrected chi connectivity index (χ2v) is 5.77. The normalized spacial score (nSPS) is 15.5. The van der Waals surface area contributed by atoms with Crippen LogP contribution in [0.25, 0.3) is 0 Å². The van der Waals surface area contributed by atoms with Crippen molar-refractivity contribution in [2.75, 3.05) is 0 Å². The number of amides is 1. The maximum absolute atomic E-state index is 12.3. The summed E-state index contributed by atoms with van der Waals surface area (Å²) >= 11 is 0. The Morgan fingerprint density at radius 3 is 2.29 bits per heavy atom. The van der Waals surface area contributed by atoms with Crippen LogP contribution in [-0.4, -0.2) is 5.91 Å². The van der Waals surface area contributed by atoms with Crippen LogP contribution < -0.4 is 5.32 Å². The number of hydrogen-bond donors (Lipinski definition) is 1. The fraction of sp³-hybridized carbons (Fsp3) is 0.409. The van der Waals surface area contributed by atoms with Gasteiger partial charge in [-0.05, 0) is 55.5 Å². The molecular formula is C22H31NO. The predicted octanol–water partition coefficient (Wildman–Crippen LogP) is 6.14. The molecule has 1 aromatic carbocycles. The topological polar surface area (TPSA) is 29.1 Å². The summed E-state index contributed by atoms with van der Waals surface area (Å²) in [7, 11) is 0. The average Bonchev–Trinajstić information content (AvgIpc) is 2.64. The molecule has 0 aliphatic heterocycles. The lowest BCUT2D eigenvalue weighted by molar-refractivity contribution is 0.0967. The van der Waals surface area contributed by atoms with Crippen LogP contribution in [0.5, 0.6) is 0 Å². The number of carbonyl (C=O) groups excluding carboxylic acids is 1. The molecule has 1 aliphatic carbocycles. The molecule has 1 fully saturated rings. The van der Waals surface area contributed by atoms with Gasteiger partial charge in [-0.25, -0.2) is 0 Å². The molecule has 1 aromatic rings. The molecular weight excluding hydrogens is 294 g/mol. The number of carbonyl (C=O) groups is 1. The zero-order valence-corrected chi connectivity index (χ0v) is 15.3. The minimum atomic E-state index is -0.0820. The Morgan fingerprint density at radius 1 is 1.12 bits per heavy atom. The van der Waals surface area contributed by atoms with Gasteiger partial charge in [-0.1, -0.05) is 64.0 Å². The van der Waals surface area contributed by atoms with E-state index in [4.69, 9.17) is 0 Å². The van der Waals surface area contributed by atoms with E-state index < -0.39 is 0 Å². The zero-order valence-electron chi connectivity index (χ0n) is 15.3. The molecule has 0 unspecified atom stereocenters. The fourth-order valence-electron chi connectivity index (χ4n) is 2.99. The summed E-state index contributed by atoms with van der Waals surface area (Å²) in [6.07, 6.45) is 13.8. The van der Waals surface area contributed by atoms with Crippen LogP contribution >= 0.6 is 0 Å². The molecule has 0 radical (unpaired) electrons. The fourth-order valence-corrected chi connectivity index (χ4v) is 2.99. The molecule has 1 aliphatic rings. The van der Waals surface area contributed by atoms with Crippen LogP contribution in [0.3, 0.4) is 0 Å². The maximum Gasteiger partial charge on any atom is 0.255 e. The van der Waals surface area contributed by atoms with E-state index in [2.05, 4.69) is 24.0 Å². The third kappa shape index (κ3) is 6.19. The van der Waals surface area contributed by atoms with Crippen LogP contribution in [0.4, 0.5) is 0 Å². The van der Waals surface area contributed by atoms with E-state index >= 15 is 0 Å². The Bertz CT molecular complexity index is 560. The molecule has 0 aromatic heterocycles. The largest absolute Gasteiger partial charge is 0.322 e. The third-order valence-electron chi connectivity index (χ3n) is 4.15. The maximum atomic E-state index is 12.3. The number of rotatable bonds is 5. The van der Waals surface area contributed by atoms with E-state index in [9.17, 15) is 4.79 Å². The van der Waals surface area contributed by atoms with Gasteiger partial charge in [0.25, 0.3) is 5.91 Å². The molecule has 130 valence electrons. The number of benzene rings is 1. The molecule has 0 saturated heterocycles. The molecule has 1 amide bonds. The molecule has 0 bridgehead atoms. The first-order valence-corrected chi connectivity index (χ1v) is 9.11. The Morgan fingerprint density at radius 2 is 1.75 bits per heavy atom. The van der Waals surface area contributed by atoms with Crippen LogP contribution in [0.1, 0.15) is 74.7 Å². The molecule has 2 rings (SSSR count). The van der Waals surface area contributed by atoms with Gasteiger partial charge in [0.1, 0.15) is 0 Å². The highest BCUT2D eigenvalue weighted by Crippen LogP contribution is 2.32. The van der Waals surface area contributed by atoms with Gasteiger partial charge in [0.2, 0.25) is 0 Å². The number of hydrogen-bond acceptors (Lipinski definition) is 1. The second-order valence-electron chi connectivity index (χ2n) is 5.77. The number of allylic oxidation sites excluding steroid dienone is 4. The van der Waals surface area contributed by atoms with Gasteiger partial charge >= 0.3 is 0 Å². The van der Waals surface area contributed by atoms with Crippen LogP contribution in [-0.2, 0) is 0 Å². The van der Waals surface area contributed by atoms with Crippen molar-refractivity contribution in [3.05, 3.63) is 72.0 Å². The summed E-state index contributed by atoms with van der Waals surface area (Å²) in [5, 5.41) is 2.90. The first-order valence-electron chi connectivity index (χ1n) is 9.11. The molecule has 0 heterocycles. The summed E-state index contributed by atoms with van der Waals surface area (Å²) < 4.78 is 0. The van der Waals surface area contributed by atoms with Crippen LogP contribution in [0.2, 0.25) is 0 Å². The van der Waals surface area contributed by atoms with Gasteiger partial charge in [-0.15, -0.1) is 0 Å². The first kappa shape index (κ1) is 20.0. The Hall–Kier alpha value is -2.09. The van der Waals surface area contributed by atoms with Crippen molar-refractivity contribution in [3.8, 4) is 0 Å². The first-order chi connectivity index (χ1) is 11.7. The lowest BCUT2D eigenvalue weighted by Crippen LogP contribution is -2.21. The van der Waals surface area contributed by atoms with Crippen molar-refractivity contribution in [2.45, 2.75) is 58.8 Å². The molecule has 2 heteroatoms. The SMILES string of the molecule is C=C/C=C(\C=C/C)NC(=O)c1ccc(C2CCCCC2)cc1.CC. The van der Waals surface area contributed by atoms with Gasteiger partial charge in [0.15, 0.2) is 0 Å². The molecule has 1 N–H and O–H groups in total. The summed E-state index contributed by atoms with van der Waals surface area (Å²) in [4.78, 5) is 12.3. The van der Waals surface area contributed by atoms with Crippen molar-refractivity contribution in [1.29, 1.82) is 0 Å². The number of nitrogens with one attached hydrogen (secondary N) is 1. The molecule has 0 atom stereocenters. The van der Waals surface area contributed by atoms with Crippen LogP contribution in [0.15, 0.2) is 60.8 Å². The van der Waals surface area contributed by atoms with E-state index in [1.165, 1.54) is 37.7 Å². The van der Waals surface area contributed by atoms with Gasteiger partial charge in [-0.2, -0.15) is 0 Å². The smallest absolute Gasteiger partial charge is 0.255 e. The minimum Gasteiger partial charge on any atom is -0.322 e. The van der Waals surface area contributed by atoms with Gasteiger partial charge in [-0.3, -0.25) is 4.79 Å². The highest BCUT2D eigenvalue weighted by atomic mass is 16.1. The summed E-state index contributed by atoms with van der Waals surface area (Å²) in [6, 6.07) is 8.08. The van der Waals surface area contributed by atoms with E-state index in [-0.39, 0.29) is 5.91 Å². The van der Waals surface area contributed by atoms with E-state index in [1.54, 1.807) is 12.2 Å². The second kappa shape index (κ2) is 11.4. The van der Waals surface area contributed by atoms with Gasteiger partial charge in [0.05, 0.1) is 0 Å². The van der Waals surface area contributed by atoms with Crippen molar-refractivity contribution in [1.82, 2.24) is 5.32 Å². The summed E-state index contributed by atoms with van der Waals surface area (Å²) in [5.41, 5.74) is 2.81. The predicted molar refractivity (Wildman–Crippen MR) is 104 cm³/mol.